The molecule has 1 heterocycles. The summed E-state index contributed by atoms with van der Waals surface area (Å²) in [6.45, 7) is 8.67. The zero-order chi connectivity index (χ0) is 9.52. The summed E-state index contributed by atoms with van der Waals surface area (Å²) in [7, 11) is 2.03. The predicted molar refractivity (Wildman–Crippen MR) is 55.0 cm³/mol. The van der Waals surface area contributed by atoms with Gasteiger partial charge in [0.2, 0.25) is 0 Å². The van der Waals surface area contributed by atoms with E-state index in [0.29, 0.717) is 0 Å². The Morgan fingerprint density at radius 3 is 2.62 bits per heavy atom. The van der Waals surface area contributed by atoms with Crippen molar-refractivity contribution < 1.29 is 4.74 Å². The molecule has 1 aliphatic rings. The molecule has 0 spiro atoms. The fourth-order valence-electron chi connectivity index (χ4n) is 1.78. The average Bonchev–Trinajstić information content (AvgIpc) is 2.19. The molecule has 1 rings (SSSR count). The molecule has 3 heteroatoms. The smallest absolute Gasteiger partial charge is 0.0594 e. The molecule has 1 fully saturated rings. The number of rotatable bonds is 5. The lowest BCUT2D eigenvalue weighted by Crippen LogP contribution is -2.41. The molecule has 0 aromatic carbocycles. The monoisotopic (exact) mass is 186 g/mol. The minimum absolute atomic E-state index is 0.795. The summed E-state index contributed by atoms with van der Waals surface area (Å²) in [6, 6.07) is 0. The molecule has 3 nitrogen and oxygen atoms in total. The predicted octanol–water partition coefficient (Wildman–Crippen LogP) is 0.564. The maximum absolute atomic E-state index is 5.32. The molecule has 1 unspecified atom stereocenters. The van der Waals surface area contributed by atoms with Gasteiger partial charge >= 0.3 is 0 Å². The van der Waals surface area contributed by atoms with Crippen LogP contribution >= 0.6 is 0 Å². The maximum atomic E-state index is 5.32. The third kappa shape index (κ3) is 4.07. The Hall–Kier alpha value is -0.120. The van der Waals surface area contributed by atoms with Crippen LogP contribution in [0, 0.1) is 5.92 Å². The third-order valence-corrected chi connectivity index (χ3v) is 2.69. The molecule has 1 aliphatic heterocycles. The number of nitrogens with one attached hydrogen (secondary N) is 1. The number of nitrogens with zero attached hydrogens (tertiary/aromatic N) is 1. The molecule has 0 bridgehead atoms. The van der Waals surface area contributed by atoms with E-state index in [2.05, 4.69) is 17.1 Å². The van der Waals surface area contributed by atoms with Gasteiger partial charge in [-0.15, -0.1) is 0 Å². The fourth-order valence-corrected chi connectivity index (χ4v) is 1.78. The lowest BCUT2D eigenvalue weighted by Gasteiger charge is -2.30. The van der Waals surface area contributed by atoms with Crippen LogP contribution in [-0.2, 0) is 4.74 Å². The summed E-state index contributed by atoms with van der Waals surface area (Å²) < 4.78 is 5.32. The first-order chi connectivity index (χ1) is 6.36. The van der Waals surface area contributed by atoms with Crippen molar-refractivity contribution in [2.24, 2.45) is 5.92 Å². The second-order valence-electron chi connectivity index (χ2n) is 3.74. The highest BCUT2D eigenvalue weighted by Crippen LogP contribution is 2.06. The van der Waals surface area contributed by atoms with Crippen LogP contribution in [0.1, 0.15) is 13.3 Å². The van der Waals surface area contributed by atoms with E-state index >= 15 is 0 Å². The van der Waals surface area contributed by atoms with Crippen LogP contribution < -0.4 is 5.32 Å². The maximum Gasteiger partial charge on any atom is 0.0594 e. The molecule has 1 N–H and O–H groups in total. The lowest BCUT2D eigenvalue weighted by atomic mass is 10.1. The summed E-state index contributed by atoms with van der Waals surface area (Å²) in [4.78, 5) is 2.51. The van der Waals surface area contributed by atoms with E-state index < -0.39 is 0 Å². The summed E-state index contributed by atoms with van der Waals surface area (Å²) >= 11 is 0. The van der Waals surface area contributed by atoms with E-state index in [4.69, 9.17) is 4.74 Å². The number of ether oxygens (including phenoxy) is 1. The zero-order valence-corrected chi connectivity index (χ0v) is 8.88. The van der Waals surface area contributed by atoms with Gasteiger partial charge in [0.15, 0.2) is 0 Å². The molecule has 1 saturated heterocycles. The van der Waals surface area contributed by atoms with Crippen molar-refractivity contribution in [2.75, 3.05) is 46.4 Å². The standard InChI is InChI=1S/C10H22N2O/c1-3-10(8-11-2)9-12-4-6-13-7-5-12/h10-11H,3-9H2,1-2H3. The van der Waals surface area contributed by atoms with Crippen molar-refractivity contribution in [3.05, 3.63) is 0 Å². The van der Waals surface area contributed by atoms with Gasteiger partial charge in [-0.25, -0.2) is 0 Å². The molecule has 0 aromatic heterocycles. The Balaban J connectivity index is 2.18. The van der Waals surface area contributed by atoms with E-state index in [1.807, 2.05) is 7.05 Å². The summed E-state index contributed by atoms with van der Waals surface area (Å²) in [6.07, 6.45) is 1.26. The topological polar surface area (TPSA) is 24.5 Å². The second kappa shape index (κ2) is 6.35. The van der Waals surface area contributed by atoms with E-state index in [-0.39, 0.29) is 0 Å². The summed E-state index contributed by atoms with van der Waals surface area (Å²) in [5.41, 5.74) is 0. The van der Waals surface area contributed by atoms with Crippen molar-refractivity contribution >= 4 is 0 Å². The Morgan fingerprint density at radius 1 is 1.38 bits per heavy atom. The normalized spacial score (nSPS) is 21.7. The van der Waals surface area contributed by atoms with Crippen LogP contribution in [-0.4, -0.2) is 51.3 Å². The lowest BCUT2D eigenvalue weighted by molar-refractivity contribution is 0.0305. The van der Waals surface area contributed by atoms with Crippen molar-refractivity contribution in [1.29, 1.82) is 0 Å². The number of morpholine rings is 1. The minimum atomic E-state index is 0.795. The molecule has 78 valence electrons. The number of hydrogen-bond donors (Lipinski definition) is 1. The minimum Gasteiger partial charge on any atom is -0.379 e. The van der Waals surface area contributed by atoms with Gasteiger partial charge in [-0.2, -0.15) is 0 Å². The van der Waals surface area contributed by atoms with Gasteiger partial charge in [-0.05, 0) is 19.5 Å². The Labute approximate surface area is 81.4 Å². The first-order valence-electron chi connectivity index (χ1n) is 5.31. The van der Waals surface area contributed by atoms with Gasteiger partial charge in [-0.1, -0.05) is 13.3 Å². The van der Waals surface area contributed by atoms with Gasteiger partial charge < -0.3 is 10.1 Å². The van der Waals surface area contributed by atoms with Crippen LogP contribution in [0.3, 0.4) is 0 Å². The van der Waals surface area contributed by atoms with Gasteiger partial charge in [0.25, 0.3) is 0 Å². The molecule has 0 aliphatic carbocycles. The van der Waals surface area contributed by atoms with Crippen LogP contribution in [0.5, 0.6) is 0 Å². The highest BCUT2D eigenvalue weighted by atomic mass is 16.5. The first kappa shape index (κ1) is 11.0. The van der Waals surface area contributed by atoms with Gasteiger partial charge in [0.1, 0.15) is 0 Å². The fraction of sp³-hybridized carbons (Fsp3) is 1.00. The Kier molecular flexibility index (Phi) is 5.35. The number of hydrogen-bond acceptors (Lipinski definition) is 3. The molecule has 0 saturated carbocycles. The summed E-state index contributed by atoms with van der Waals surface area (Å²) in [5, 5.41) is 3.25. The van der Waals surface area contributed by atoms with Crippen molar-refractivity contribution in [3.63, 3.8) is 0 Å². The van der Waals surface area contributed by atoms with Crippen molar-refractivity contribution in [1.82, 2.24) is 10.2 Å². The quantitative estimate of drug-likeness (QED) is 0.679. The molecule has 0 amide bonds. The summed E-state index contributed by atoms with van der Waals surface area (Å²) in [5.74, 6) is 0.795. The third-order valence-electron chi connectivity index (χ3n) is 2.69. The van der Waals surface area contributed by atoms with Gasteiger partial charge in [-0.3, -0.25) is 4.90 Å². The van der Waals surface area contributed by atoms with E-state index in [0.717, 1.165) is 38.8 Å². The highest BCUT2D eigenvalue weighted by molar-refractivity contribution is 4.68. The molecular formula is C10H22N2O. The first-order valence-corrected chi connectivity index (χ1v) is 5.31. The van der Waals surface area contributed by atoms with Crippen molar-refractivity contribution in [3.8, 4) is 0 Å². The van der Waals surface area contributed by atoms with Gasteiger partial charge in [0.05, 0.1) is 13.2 Å². The second-order valence-corrected chi connectivity index (χ2v) is 3.74. The molecule has 0 radical (unpaired) electrons. The largest absolute Gasteiger partial charge is 0.379 e. The van der Waals surface area contributed by atoms with E-state index in [1.54, 1.807) is 0 Å². The van der Waals surface area contributed by atoms with E-state index in [1.165, 1.54) is 13.0 Å². The average molecular weight is 186 g/mol. The van der Waals surface area contributed by atoms with Crippen LogP contribution in [0.4, 0.5) is 0 Å². The van der Waals surface area contributed by atoms with Crippen LogP contribution in [0.15, 0.2) is 0 Å². The molecule has 1 atom stereocenters. The molecule has 13 heavy (non-hydrogen) atoms. The Bertz CT molecular complexity index is 121. The van der Waals surface area contributed by atoms with Crippen LogP contribution in [0.25, 0.3) is 0 Å². The zero-order valence-electron chi connectivity index (χ0n) is 8.88. The van der Waals surface area contributed by atoms with Crippen molar-refractivity contribution in [2.45, 2.75) is 13.3 Å². The molecule has 0 aromatic rings. The van der Waals surface area contributed by atoms with Crippen LogP contribution in [0.2, 0.25) is 0 Å². The SMILES string of the molecule is CCC(CNC)CN1CCOCC1. The van der Waals surface area contributed by atoms with E-state index in [9.17, 15) is 0 Å². The molecular weight excluding hydrogens is 164 g/mol. The Morgan fingerprint density at radius 2 is 2.08 bits per heavy atom. The highest BCUT2D eigenvalue weighted by Gasteiger charge is 2.14. The van der Waals surface area contributed by atoms with Gasteiger partial charge in [0, 0.05) is 19.6 Å².